The van der Waals surface area contributed by atoms with E-state index in [4.69, 9.17) is 10.5 Å². The van der Waals surface area contributed by atoms with Crippen molar-refractivity contribution in [3.8, 4) is 11.6 Å². The number of aromatic nitrogens is 5. The molecule has 1 aliphatic heterocycles. The number of phenolic OH excluding ortho intramolecular Hbond substituents is 1. The number of hydrogen-bond acceptors (Lipinski definition) is 11. The molecule has 4 rings (SSSR count). The summed E-state index contributed by atoms with van der Waals surface area (Å²) < 4.78 is 12.1. The van der Waals surface area contributed by atoms with Gasteiger partial charge in [-0.15, -0.1) is 17.5 Å². The molecular weight excluding hydrogens is 590 g/mol. The summed E-state index contributed by atoms with van der Waals surface area (Å²) in [5, 5.41) is 29.2. The number of benzene rings is 1. The lowest BCUT2D eigenvalue weighted by Crippen LogP contribution is -2.36. The highest BCUT2D eigenvalue weighted by molar-refractivity contribution is 9.11. The van der Waals surface area contributed by atoms with E-state index in [1.54, 1.807) is 12.1 Å². The van der Waals surface area contributed by atoms with Crippen molar-refractivity contribution in [1.82, 2.24) is 35.6 Å². The maximum atomic E-state index is 13.0. The van der Waals surface area contributed by atoms with Gasteiger partial charge in [-0.3, -0.25) is 9.69 Å². The molecule has 3 heterocycles. The first-order valence-electron chi connectivity index (χ1n) is 9.28. The standard InChI is InChI=1S/C17H17Br2N9O4.ClH/c18-10-5-9(6-11(19)14(10)29)7-21-23-17(30)13-12(8-27-1-3-31-4-2-27)22-26-28(13)16-15(20)24-32-25-16;/h5-7,29H,1-4,8H2,(H2,20,24)(H,23,30);1H/b21-7+;. The van der Waals surface area contributed by atoms with Crippen molar-refractivity contribution >= 4 is 62.2 Å². The molecule has 1 aliphatic rings. The van der Waals surface area contributed by atoms with Gasteiger partial charge in [-0.1, -0.05) is 5.21 Å². The molecule has 2 aromatic heterocycles. The largest absolute Gasteiger partial charge is 0.506 e. The third-order valence-electron chi connectivity index (χ3n) is 4.55. The Morgan fingerprint density at radius 2 is 1.97 bits per heavy atom. The number of carbonyl (C=O) groups is 1. The van der Waals surface area contributed by atoms with Crippen LogP contribution in [-0.2, 0) is 11.3 Å². The molecule has 0 spiro atoms. The molecule has 13 nitrogen and oxygen atoms in total. The zero-order chi connectivity index (χ0) is 22.7. The number of nitrogen functional groups attached to an aromatic ring is 1. The lowest BCUT2D eigenvalue weighted by molar-refractivity contribution is 0.0335. The number of phenols is 1. The fraction of sp³-hybridized carbons (Fsp3) is 0.294. The zero-order valence-corrected chi connectivity index (χ0v) is 20.8. The lowest BCUT2D eigenvalue weighted by Gasteiger charge is -2.25. The van der Waals surface area contributed by atoms with Crippen molar-refractivity contribution in [1.29, 1.82) is 0 Å². The van der Waals surface area contributed by atoms with E-state index in [0.29, 0.717) is 53.1 Å². The van der Waals surface area contributed by atoms with E-state index in [0.717, 1.165) is 0 Å². The number of nitrogens with zero attached hydrogens (tertiary/aromatic N) is 7. The lowest BCUT2D eigenvalue weighted by atomic mass is 10.2. The Hall–Kier alpha value is -2.59. The van der Waals surface area contributed by atoms with Crippen molar-refractivity contribution in [3.63, 3.8) is 0 Å². The number of morpholine rings is 1. The van der Waals surface area contributed by atoms with Gasteiger partial charge in [0.1, 0.15) is 11.4 Å². The molecule has 176 valence electrons. The zero-order valence-electron chi connectivity index (χ0n) is 16.8. The Labute approximate surface area is 209 Å². The van der Waals surface area contributed by atoms with Gasteiger partial charge in [0.2, 0.25) is 11.6 Å². The predicted molar refractivity (Wildman–Crippen MR) is 126 cm³/mol. The Balaban J connectivity index is 0.00000306. The molecule has 0 bridgehead atoms. The minimum absolute atomic E-state index is 0. The van der Waals surface area contributed by atoms with E-state index in [1.807, 2.05) is 0 Å². The van der Waals surface area contributed by atoms with Gasteiger partial charge in [-0.2, -0.15) is 9.78 Å². The Morgan fingerprint density at radius 3 is 2.61 bits per heavy atom. The summed E-state index contributed by atoms with van der Waals surface area (Å²) in [5.74, 6) is -0.503. The summed E-state index contributed by atoms with van der Waals surface area (Å²) in [6, 6.07) is 3.29. The highest BCUT2D eigenvalue weighted by atomic mass is 79.9. The van der Waals surface area contributed by atoms with Crippen LogP contribution in [0.3, 0.4) is 0 Å². The van der Waals surface area contributed by atoms with E-state index in [9.17, 15) is 9.90 Å². The van der Waals surface area contributed by atoms with Gasteiger partial charge in [0.05, 0.1) is 28.4 Å². The first kappa shape index (κ1) is 25.0. The van der Waals surface area contributed by atoms with Crippen LogP contribution < -0.4 is 11.2 Å². The van der Waals surface area contributed by atoms with Gasteiger partial charge in [-0.05, 0) is 59.9 Å². The van der Waals surface area contributed by atoms with E-state index in [-0.39, 0.29) is 35.5 Å². The molecule has 1 aromatic carbocycles. The highest BCUT2D eigenvalue weighted by Crippen LogP contribution is 2.32. The van der Waals surface area contributed by atoms with Gasteiger partial charge in [0.25, 0.3) is 5.91 Å². The Kier molecular flexibility index (Phi) is 8.36. The summed E-state index contributed by atoms with van der Waals surface area (Å²) in [6.07, 6.45) is 1.43. The van der Waals surface area contributed by atoms with Crippen LogP contribution >= 0.6 is 44.3 Å². The Morgan fingerprint density at radius 1 is 1.27 bits per heavy atom. The molecular formula is C17H18Br2ClN9O4. The van der Waals surface area contributed by atoms with Gasteiger partial charge in [-0.25, -0.2) is 10.1 Å². The molecule has 0 saturated carbocycles. The van der Waals surface area contributed by atoms with Crippen LogP contribution in [0, 0.1) is 0 Å². The molecule has 1 saturated heterocycles. The predicted octanol–water partition coefficient (Wildman–Crippen LogP) is 1.48. The molecule has 1 fully saturated rings. The fourth-order valence-electron chi connectivity index (χ4n) is 2.98. The molecule has 16 heteroatoms. The average molecular weight is 608 g/mol. The maximum absolute atomic E-state index is 13.0. The molecule has 0 radical (unpaired) electrons. The van der Waals surface area contributed by atoms with Crippen LogP contribution in [0.25, 0.3) is 5.82 Å². The van der Waals surface area contributed by atoms with Gasteiger partial charge < -0.3 is 15.6 Å². The number of amides is 1. The summed E-state index contributed by atoms with van der Waals surface area (Å²) in [4.78, 5) is 15.1. The smallest absolute Gasteiger partial charge is 0.292 e. The molecule has 33 heavy (non-hydrogen) atoms. The minimum atomic E-state index is -0.575. The molecule has 0 atom stereocenters. The molecule has 0 unspecified atom stereocenters. The van der Waals surface area contributed by atoms with Crippen LogP contribution in [0.1, 0.15) is 21.7 Å². The number of halogens is 3. The second-order valence-electron chi connectivity index (χ2n) is 6.69. The van der Waals surface area contributed by atoms with Crippen molar-refractivity contribution < 1.29 is 19.3 Å². The van der Waals surface area contributed by atoms with Crippen molar-refractivity contribution in [2.24, 2.45) is 5.10 Å². The highest BCUT2D eigenvalue weighted by Gasteiger charge is 2.26. The summed E-state index contributed by atoms with van der Waals surface area (Å²) in [7, 11) is 0. The van der Waals surface area contributed by atoms with E-state index in [1.165, 1.54) is 10.9 Å². The summed E-state index contributed by atoms with van der Waals surface area (Å²) >= 11 is 6.50. The third-order valence-corrected chi connectivity index (χ3v) is 5.76. The second kappa shape index (κ2) is 11.0. The van der Waals surface area contributed by atoms with E-state index >= 15 is 0 Å². The first-order valence-corrected chi connectivity index (χ1v) is 10.9. The second-order valence-corrected chi connectivity index (χ2v) is 8.40. The number of rotatable bonds is 6. The van der Waals surface area contributed by atoms with Crippen LogP contribution in [0.4, 0.5) is 5.82 Å². The third kappa shape index (κ3) is 5.67. The van der Waals surface area contributed by atoms with Crippen molar-refractivity contribution in [2.45, 2.75) is 6.54 Å². The molecule has 0 aliphatic carbocycles. The fourth-order valence-corrected chi connectivity index (χ4v) is 4.20. The van der Waals surface area contributed by atoms with Crippen LogP contribution in [0.2, 0.25) is 0 Å². The van der Waals surface area contributed by atoms with Gasteiger partial charge in [0, 0.05) is 19.6 Å². The molecule has 1 amide bonds. The number of ether oxygens (including phenoxy) is 1. The Bertz CT molecular complexity index is 1140. The summed E-state index contributed by atoms with van der Waals surface area (Å²) in [5.41, 5.74) is 9.38. The number of nitrogens with two attached hydrogens (primary N) is 1. The number of carbonyl (C=O) groups excluding carboxylic acids is 1. The first-order chi connectivity index (χ1) is 15.4. The maximum Gasteiger partial charge on any atom is 0.292 e. The number of hydrogen-bond donors (Lipinski definition) is 3. The SMILES string of the molecule is Cl.Nc1nonc1-n1nnc(CN2CCOCC2)c1C(=O)N/N=C/c1cc(Br)c(O)c(Br)c1. The van der Waals surface area contributed by atoms with Crippen LogP contribution in [0.5, 0.6) is 5.75 Å². The number of aromatic hydroxyl groups is 1. The van der Waals surface area contributed by atoms with Crippen LogP contribution in [-0.4, -0.2) is 73.7 Å². The normalized spacial score (nSPS) is 14.4. The van der Waals surface area contributed by atoms with Crippen molar-refractivity contribution in [2.75, 3.05) is 32.0 Å². The van der Waals surface area contributed by atoms with Gasteiger partial charge >= 0.3 is 0 Å². The minimum Gasteiger partial charge on any atom is -0.506 e. The van der Waals surface area contributed by atoms with Crippen molar-refractivity contribution in [3.05, 3.63) is 38.0 Å². The average Bonchev–Trinajstić information content (AvgIpc) is 3.38. The number of anilines is 1. The van der Waals surface area contributed by atoms with Gasteiger partial charge in [0.15, 0.2) is 5.69 Å². The van der Waals surface area contributed by atoms with Crippen LogP contribution in [0.15, 0.2) is 30.8 Å². The quantitative estimate of drug-likeness (QED) is 0.276. The monoisotopic (exact) mass is 605 g/mol. The summed E-state index contributed by atoms with van der Waals surface area (Å²) in [6.45, 7) is 2.96. The molecule has 4 N–H and O–H groups in total. The number of nitrogens with one attached hydrogen (secondary N) is 1. The van der Waals surface area contributed by atoms with E-state index < -0.39 is 5.91 Å². The van der Waals surface area contributed by atoms with E-state index in [2.05, 4.69) is 72.5 Å². The topological polar surface area (TPSA) is 170 Å². The number of hydrazone groups is 1. The molecule has 3 aromatic rings.